The number of aromatic nitrogens is 1. The van der Waals surface area contributed by atoms with Crippen LogP contribution in [0.1, 0.15) is 5.56 Å². The average Bonchev–Trinajstić information content (AvgIpc) is 2.59. The predicted octanol–water partition coefficient (Wildman–Crippen LogP) is 3.21. The molecule has 0 saturated carbocycles. The van der Waals surface area contributed by atoms with Crippen molar-refractivity contribution in [3.05, 3.63) is 70.4 Å². The molecule has 8 heteroatoms. The molecular formula is C17H14N4O4. The third-order valence-corrected chi connectivity index (χ3v) is 3.54. The number of carbonyl (C=O) groups excluding carboxylic acids is 1. The molecule has 0 aliphatic rings. The Kier molecular flexibility index (Phi) is 4.42. The standard InChI is InChI=1S/C17H14N4O4/c18-17(22)25-12-5-3-4-11(8-12)9-20-16-13-6-1-2-7-14(13)19-10-15(16)21(23)24/h1-8,10H,9H2,(H2,18,22)(H,19,20). The van der Waals surface area contributed by atoms with Gasteiger partial charge in [-0.05, 0) is 23.8 Å². The first-order chi connectivity index (χ1) is 12.0. The van der Waals surface area contributed by atoms with E-state index in [2.05, 4.69) is 10.3 Å². The quantitative estimate of drug-likeness (QED) is 0.544. The Morgan fingerprint density at radius 2 is 2.04 bits per heavy atom. The van der Waals surface area contributed by atoms with Crippen molar-refractivity contribution in [3.8, 4) is 5.75 Å². The van der Waals surface area contributed by atoms with Gasteiger partial charge in [-0.25, -0.2) is 9.78 Å². The summed E-state index contributed by atoms with van der Waals surface area (Å²) >= 11 is 0. The lowest BCUT2D eigenvalue weighted by Crippen LogP contribution is -2.16. The minimum atomic E-state index is -0.902. The zero-order valence-corrected chi connectivity index (χ0v) is 13.0. The number of primary amides is 1. The molecule has 2 aromatic carbocycles. The van der Waals surface area contributed by atoms with Crippen LogP contribution in [-0.2, 0) is 6.54 Å². The molecular weight excluding hydrogens is 324 g/mol. The number of rotatable bonds is 5. The van der Waals surface area contributed by atoms with Crippen molar-refractivity contribution in [3.63, 3.8) is 0 Å². The first kappa shape index (κ1) is 16.2. The predicted molar refractivity (Wildman–Crippen MR) is 92.4 cm³/mol. The van der Waals surface area contributed by atoms with E-state index in [0.29, 0.717) is 28.9 Å². The minimum Gasteiger partial charge on any atom is -0.410 e. The molecule has 25 heavy (non-hydrogen) atoms. The molecule has 0 fully saturated rings. The van der Waals surface area contributed by atoms with E-state index in [9.17, 15) is 14.9 Å². The third-order valence-electron chi connectivity index (χ3n) is 3.54. The summed E-state index contributed by atoms with van der Waals surface area (Å²) < 4.78 is 4.83. The minimum absolute atomic E-state index is 0.108. The van der Waals surface area contributed by atoms with E-state index in [1.54, 1.807) is 42.5 Å². The van der Waals surface area contributed by atoms with Crippen LogP contribution in [0.4, 0.5) is 16.2 Å². The number of amides is 1. The van der Waals surface area contributed by atoms with Gasteiger partial charge < -0.3 is 15.8 Å². The molecule has 0 saturated heterocycles. The second-order valence-corrected chi connectivity index (χ2v) is 5.21. The maximum absolute atomic E-state index is 11.3. The van der Waals surface area contributed by atoms with Gasteiger partial charge >= 0.3 is 11.8 Å². The molecule has 0 atom stereocenters. The summed E-state index contributed by atoms with van der Waals surface area (Å²) in [6, 6.07) is 13.9. The maximum atomic E-state index is 11.3. The van der Waals surface area contributed by atoms with Crippen molar-refractivity contribution in [1.29, 1.82) is 0 Å². The van der Waals surface area contributed by atoms with Gasteiger partial charge in [-0.3, -0.25) is 10.1 Å². The fraction of sp³-hybridized carbons (Fsp3) is 0.0588. The molecule has 1 aromatic heterocycles. The molecule has 126 valence electrons. The van der Waals surface area contributed by atoms with Gasteiger partial charge in [0.25, 0.3) is 0 Å². The van der Waals surface area contributed by atoms with Crippen LogP contribution in [-0.4, -0.2) is 16.0 Å². The van der Waals surface area contributed by atoms with E-state index >= 15 is 0 Å². The van der Waals surface area contributed by atoms with E-state index < -0.39 is 11.0 Å². The number of nitrogens with two attached hydrogens (primary N) is 1. The highest BCUT2D eigenvalue weighted by Gasteiger charge is 2.17. The molecule has 8 nitrogen and oxygen atoms in total. The van der Waals surface area contributed by atoms with Crippen molar-refractivity contribution in [2.24, 2.45) is 5.73 Å². The Hall–Kier alpha value is -3.68. The Balaban J connectivity index is 1.91. The van der Waals surface area contributed by atoms with Crippen LogP contribution in [0.3, 0.4) is 0 Å². The highest BCUT2D eigenvalue weighted by Crippen LogP contribution is 2.31. The van der Waals surface area contributed by atoms with Crippen LogP contribution in [0.15, 0.2) is 54.7 Å². The molecule has 0 aliphatic heterocycles. The van der Waals surface area contributed by atoms with Crippen LogP contribution >= 0.6 is 0 Å². The number of hydrogen-bond donors (Lipinski definition) is 2. The number of carbonyl (C=O) groups is 1. The van der Waals surface area contributed by atoms with Crippen molar-refractivity contribution >= 4 is 28.4 Å². The lowest BCUT2D eigenvalue weighted by Gasteiger charge is -2.11. The zero-order chi connectivity index (χ0) is 17.8. The number of nitro groups is 1. The number of nitrogens with zero attached hydrogens (tertiary/aromatic N) is 2. The summed E-state index contributed by atoms with van der Waals surface area (Å²) in [6.07, 6.45) is 0.331. The molecule has 0 aliphatic carbocycles. The number of anilines is 1. The molecule has 0 spiro atoms. The monoisotopic (exact) mass is 338 g/mol. The summed E-state index contributed by atoms with van der Waals surface area (Å²) in [5.41, 5.74) is 6.70. The van der Waals surface area contributed by atoms with Crippen molar-refractivity contribution < 1.29 is 14.5 Å². The fourth-order valence-corrected chi connectivity index (χ4v) is 2.48. The Morgan fingerprint density at radius 1 is 1.24 bits per heavy atom. The Bertz CT molecular complexity index is 958. The fourth-order valence-electron chi connectivity index (χ4n) is 2.48. The smallest absolute Gasteiger partial charge is 0.409 e. The first-order valence-corrected chi connectivity index (χ1v) is 7.37. The van der Waals surface area contributed by atoms with E-state index in [0.717, 1.165) is 5.56 Å². The number of para-hydroxylation sites is 1. The normalized spacial score (nSPS) is 10.4. The Morgan fingerprint density at radius 3 is 2.80 bits per heavy atom. The largest absolute Gasteiger partial charge is 0.410 e. The van der Waals surface area contributed by atoms with Crippen LogP contribution in [0.2, 0.25) is 0 Å². The molecule has 1 heterocycles. The maximum Gasteiger partial charge on any atom is 0.409 e. The second kappa shape index (κ2) is 6.83. The number of pyridine rings is 1. The summed E-state index contributed by atoms with van der Waals surface area (Å²) in [5, 5.41) is 15.0. The van der Waals surface area contributed by atoms with E-state index in [4.69, 9.17) is 10.5 Å². The van der Waals surface area contributed by atoms with Gasteiger partial charge in [0, 0.05) is 11.9 Å². The van der Waals surface area contributed by atoms with Gasteiger partial charge in [0.2, 0.25) is 0 Å². The number of ether oxygens (including phenoxy) is 1. The number of benzene rings is 2. The SMILES string of the molecule is NC(=O)Oc1cccc(CNc2c([N+](=O)[O-])cnc3ccccc23)c1. The molecule has 0 radical (unpaired) electrons. The number of fused-ring (bicyclic) bond motifs is 1. The molecule has 3 N–H and O–H groups in total. The highest BCUT2D eigenvalue weighted by molar-refractivity contribution is 5.95. The van der Waals surface area contributed by atoms with Crippen LogP contribution in [0, 0.1) is 10.1 Å². The zero-order valence-electron chi connectivity index (χ0n) is 13.0. The lowest BCUT2D eigenvalue weighted by atomic mass is 10.1. The van der Waals surface area contributed by atoms with Crippen molar-refractivity contribution in [2.75, 3.05) is 5.32 Å². The van der Waals surface area contributed by atoms with Gasteiger partial charge in [0.1, 0.15) is 17.6 Å². The van der Waals surface area contributed by atoms with Crippen LogP contribution in [0.25, 0.3) is 10.9 Å². The molecule has 1 amide bonds. The highest BCUT2D eigenvalue weighted by atomic mass is 16.6. The number of nitrogens with one attached hydrogen (secondary N) is 1. The topological polar surface area (TPSA) is 120 Å². The molecule has 0 bridgehead atoms. The molecule has 3 rings (SSSR count). The molecule has 0 unspecified atom stereocenters. The summed E-state index contributed by atoms with van der Waals surface area (Å²) in [6.45, 7) is 0.296. The number of hydrogen-bond acceptors (Lipinski definition) is 6. The second-order valence-electron chi connectivity index (χ2n) is 5.21. The van der Waals surface area contributed by atoms with E-state index in [-0.39, 0.29) is 5.69 Å². The summed E-state index contributed by atoms with van der Waals surface area (Å²) in [4.78, 5) is 25.8. The van der Waals surface area contributed by atoms with E-state index in [1.807, 2.05) is 6.07 Å². The average molecular weight is 338 g/mol. The van der Waals surface area contributed by atoms with Crippen molar-refractivity contribution in [2.45, 2.75) is 6.54 Å². The van der Waals surface area contributed by atoms with Gasteiger partial charge in [-0.15, -0.1) is 0 Å². The molecule has 3 aromatic rings. The summed E-state index contributed by atoms with van der Waals surface area (Å²) in [5.74, 6) is 0.306. The van der Waals surface area contributed by atoms with Gasteiger partial charge in [0.15, 0.2) is 0 Å². The van der Waals surface area contributed by atoms with Gasteiger partial charge in [-0.2, -0.15) is 0 Å². The van der Waals surface area contributed by atoms with E-state index in [1.165, 1.54) is 6.20 Å². The lowest BCUT2D eigenvalue weighted by molar-refractivity contribution is -0.384. The first-order valence-electron chi connectivity index (χ1n) is 7.37. The Labute approximate surface area is 142 Å². The van der Waals surface area contributed by atoms with Gasteiger partial charge in [-0.1, -0.05) is 30.3 Å². The summed E-state index contributed by atoms with van der Waals surface area (Å²) in [7, 11) is 0. The van der Waals surface area contributed by atoms with Crippen LogP contribution < -0.4 is 15.8 Å². The van der Waals surface area contributed by atoms with Crippen LogP contribution in [0.5, 0.6) is 5.75 Å². The van der Waals surface area contributed by atoms with Crippen molar-refractivity contribution in [1.82, 2.24) is 4.98 Å². The third kappa shape index (κ3) is 3.63. The van der Waals surface area contributed by atoms with Gasteiger partial charge in [0.05, 0.1) is 10.4 Å².